The number of likely N-dealkylation sites (N-methyl/N-ethyl adjacent to an activating group) is 10. The summed E-state index contributed by atoms with van der Waals surface area (Å²) in [5, 5.41) is 21.9. The number of methoxy groups -OCH3 is 4. The Hall–Kier alpha value is -5.13. The first-order chi connectivity index (χ1) is 70.2. The third-order valence-corrected chi connectivity index (χ3v) is 31.3. The Balaban J connectivity index is 0.000000292. The monoisotopic (exact) mass is 2060 g/mol. The highest BCUT2D eigenvalue weighted by atomic mass is 16.5. The van der Waals surface area contributed by atoms with Crippen LogP contribution in [0, 0.1) is 23.7 Å². The quantitative estimate of drug-likeness (QED) is 0.0348. The van der Waals surface area contributed by atoms with Gasteiger partial charge >= 0.3 is 0 Å². The van der Waals surface area contributed by atoms with Crippen LogP contribution in [-0.4, -0.2) is 645 Å². The van der Waals surface area contributed by atoms with Crippen molar-refractivity contribution < 1.29 is 52.5 Å². The molecule has 0 spiro atoms. The Labute approximate surface area is 881 Å². The number of likely N-dealkylation sites (tertiary alicyclic amines) is 4. The van der Waals surface area contributed by atoms with Crippen LogP contribution < -0.4 is 42.5 Å². The zero-order valence-corrected chi connectivity index (χ0v) is 94.9. The summed E-state index contributed by atoms with van der Waals surface area (Å²) in [6, 6.07) is 0. The molecule has 12 aliphatic heterocycles. The number of allylic oxidation sites excluding steroid dienone is 1. The molecule has 0 aromatic rings. The molecule has 12 rings (SSSR count). The van der Waals surface area contributed by atoms with E-state index in [1.165, 1.54) is 240 Å². The van der Waals surface area contributed by atoms with Crippen LogP contribution in [0.3, 0.4) is 0 Å². The molecule has 0 radical (unpaired) electrons. The summed E-state index contributed by atoms with van der Waals surface area (Å²) in [5.74, 6) is 4.02. The number of piperazine rings is 8. The first kappa shape index (κ1) is 130. The van der Waals surface area contributed by atoms with Gasteiger partial charge < -0.3 is 115 Å². The third kappa shape index (κ3) is 62.6. The van der Waals surface area contributed by atoms with Crippen molar-refractivity contribution >= 4 is 41.4 Å². The Kier molecular flexibility index (Phi) is 73.3. The molecule has 0 aliphatic carbocycles. The number of carbonyl (C=O) groups is 7. The number of ether oxygens (including phenoxy) is 4. The highest BCUT2D eigenvalue weighted by Crippen LogP contribution is 2.26. The normalized spacial score (nSPS) is 21.5. The zero-order valence-electron chi connectivity index (χ0n) is 94.9. The van der Waals surface area contributed by atoms with Crippen molar-refractivity contribution in [3.63, 3.8) is 0 Å². The Bertz CT molecular complexity index is 3110. The van der Waals surface area contributed by atoms with Gasteiger partial charge in [0.15, 0.2) is 0 Å². The molecule has 0 bridgehead atoms. The molecule has 12 saturated heterocycles. The molecule has 39 heteroatoms. The van der Waals surface area contributed by atoms with Gasteiger partial charge in [0.05, 0.1) is 45.9 Å². The Morgan fingerprint density at radius 1 is 0.214 bits per heavy atom. The van der Waals surface area contributed by atoms with Crippen LogP contribution in [0.25, 0.3) is 0 Å². The van der Waals surface area contributed by atoms with Gasteiger partial charge in [-0.15, -0.1) is 0 Å². The topological polar surface area (TPSA) is 317 Å². The first-order valence-electron chi connectivity index (χ1n) is 56.3. The summed E-state index contributed by atoms with van der Waals surface area (Å²) in [4.78, 5) is 127. The number of carbonyl (C=O) groups excluding carboxylic acids is 7. The summed E-state index contributed by atoms with van der Waals surface area (Å²) in [5.41, 5.74) is 1.17. The molecule has 846 valence electrons. The maximum Gasteiger partial charge on any atom is 0.233 e. The molecule has 0 unspecified atom stereocenters. The van der Waals surface area contributed by atoms with E-state index in [-0.39, 0.29) is 41.4 Å². The van der Waals surface area contributed by atoms with E-state index < -0.39 is 0 Å². The molecule has 0 aromatic carbocycles. The predicted molar refractivity (Wildman–Crippen MR) is 590 cm³/mol. The third-order valence-electron chi connectivity index (χ3n) is 31.3. The van der Waals surface area contributed by atoms with Crippen molar-refractivity contribution in [2.45, 2.75) is 109 Å². The van der Waals surface area contributed by atoms with E-state index in [9.17, 15) is 33.6 Å². The molecule has 12 fully saturated rings. The van der Waals surface area contributed by atoms with Crippen molar-refractivity contribution in [3.05, 3.63) is 12.3 Å². The molecule has 12 aliphatic rings. The van der Waals surface area contributed by atoms with E-state index in [4.69, 9.17) is 18.9 Å². The lowest BCUT2D eigenvalue weighted by Crippen LogP contribution is -2.52. The number of nitrogens with zero attached hydrogens (tertiary/aromatic N) is 20. The van der Waals surface area contributed by atoms with Crippen LogP contribution in [0.2, 0.25) is 0 Å². The van der Waals surface area contributed by atoms with E-state index in [2.05, 4.69) is 175 Å². The van der Waals surface area contributed by atoms with Crippen molar-refractivity contribution in [1.82, 2.24) is 141 Å². The zero-order chi connectivity index (χ0) is 105. The van der Waals surface area contributed by atoms with E-state index >= 15 is 0 Å². The van der Waals surface area contributed by atoms with Gasteiger partial charge in [-0.05, 0) is 227 Å². The number of piperidine rings is 4. The number of unbranched alkanes of at least 4 members (excludes halogenated alkanes) is 3. The van der Waals surface area contributed by atoms with Crippen molar-refractivity contribution in [2.75, 3.05) is 506 Å². The van der Waals surface area contributed by atoms with Crippen molar-refractivity contribution in [3.8, 4) is 0 Å². The average molecular weight is 2060 g/mol. The Morgan fingerprint density at radius 3 is 0.745 bits per heavy atom. The number of rotatable bonds is 46. The lowest BCUT2D eigenvalue weighted by Gasteiger charge is -2.37. The van der Waals surface area contributed by atoms with Gasteiger partial charge in [-0.1, -0.05) is 6.58 Å². The van der Waals surface area contributed by atoms with Crippen LogP contribution in [0.15, 0.2) is 12.3 Å². The van der Waals surface area contributed by atoms with Crippen LogP contribution in [0.5, 0.6) is 0 Å². The molecule has 0 saturated carbocycles. The fraction of sp³-hybridized carbons (Fsp3) is 0.915. The van der Waals surface area contributed by atoms with Gasteiger partial charge in [0.25, 0.3) is 0 Å². The molecular formula is C106H216N28O11. The second-order valence-electron chi connectivity index (χ2n) is 42.4. The molecule has 8 N–H and O–H groups in total. The molecule has 0 aromatic heterocycles. The molecule has 145 heavy (non-hydrogen) atoms. The van der Waals surface area contributed by atoms with Gasteiger partial charge in [-0.2, -0.15) is 0 Å². The highest BCUT2D eigenvalue weighted by Gasteiger charge is 2.30. The van der Waals surface area contributed by atoms with E-state index in [1.54, 1.807) is 77.8 Å². The maximum atomic E-state index is 11.4. The van der Waals surface area contributed by atoms with E-state index in [0.29, 0.717) is 51.6 Å². The van der Waals surface area contributed by atoms with Gasteiger partial charge in [-0.25, -0.2) is 0 Å². The van der Waals surface area contributed by atoms with Crippen molar-refractivity contribution in [1.29, 1.82) is 0 Å². The highest BCUT2D eigenvalue weighted by molar-refractivity contribution is 5.79. The summed E-state index contributed by atoms with van der Waals surface area (Å²) < 4.78 is 20.2. The minimum absolute atomic E-state index is 0.104. The average Bonchev–Trinajstić information content (AvgIpc) is 0.885. The van der Waals surface area contributed by atoms with E-state index in [1.807, 2.05) is 7.05 Å². The van der Waals surface area contributed by atoms with Crippen LogP contribution in [0.1, 0.15) is 109 Å². The number of hydrogen-bond donors (Lipinski definition) is 8. The summed E-state index contributed by atoms with van der Waals surface area (Å²) in [7, 11) is 29.7. The lowest BCUT2D eigenvalue weighted by molar-refractivity contribution is -0.123. The molecular weight excluding hydrogens is 1840 g/mol. The van der Waals surface area contributed by atoms with Gasteiger partial charge in [0, 0.05) is 372 Å². The summed E-state index contributed by atoms with van der Waals surface area (Å²) in [6.45, 7) is 67.5. The smallest absolute Gasteiger partial charge is 0.233 e. The van der Waals surface area contributed by atoms with Gasteiger partial charge in [0.1, 0.15) is 0 Å². The Morgan fingerprint density at radius 2 is 0.434 bits per heavy atom. The fourth-order valence-corrected chi connectivity index (χ4v) is 20.3. The number of nitrogens with one attached hydrogen (secondary N) is 8. The second kappa shape index (κ2) is 81.6. The molecule has 0 atom stereocenters. The fourth-order valence-electron chi connectivity index (χ4n) is 20.3. The number of hydrogen-bond acceptors (Lipinski definition) is 32. The first-order valence-corrected chi connectivity index (χ1v) is 56.3. The molecule has 39 nitrogen and oxygen atoms in total. The van der Waals surface area contributed by atoms with E-state index in [0.717, 1.165) is 240 Å². The largest absolute Gasteiger partial charge is 0.392 e. The van der Waals surface area contributed by atoms with Crippen LogP contribution >= 0.6 is 0 Å². The number of amides is 7. The standard InChI is InChI=1S/2C15H30N4O.C14H29N5O.C14H28N4O.C13H27N3O2.C12H25N3O2.C12H24N2O.C11H23N3O2/c1-16-15(20)13-19-7-4-14(5-8-19)3-6-18-11-9-17(2)10-12-18;1-16-15(20)13-14-3-5-18(6-4-14)11-12-19-9-7-17(2)8-10-19;1-15-14(20)13-19-11-9-18(10-12-19)8-7-17-5-3-16(2)4-6-17;1-15-14(19)12-17-5-3-13(4-6-17)11-18-9-7-16(2)8-10-18;1-14-13(17)12-16-9-7-15(8-10-16)6-4-3-5-11-18-2;1-13-12(16)11-15-8-6-14(7-9-15)5-3-4-10-17-2;1-11(13-2)10-12-4-6-14(7-5-12)8-9-15-3;1-12-11(15)10-14-7-5-13(6-8-14)4-3-9-16-2/h2*14H,3-13H2,1-2H3,(H,16,20);3-13H2,1-2H3,(H,15,20);13H,3-12H2,1-2H3,(H,15,19);3-12H2,1-2H3,(H,14,17);3-11H2,1-2H3,(H,13,16);12-13H,1,4-10H2,2-3H3;3-10H2,1-2H3,(H,12,15). The predicted octanol–water partition coefficient (Wildman–Crippen LogP) is -0.749. The van der Waals surface area contributed by atoms with Gasteiger partial charge in [-0.3, -0.25) is 77.7 Å². The van der Waals surface area contributed by atoms with Crippen molar-refractivity contribution in [2.24, 2.45) is 23.7 Å². The van der Waals surface area contributed by atoms with Gasteiger partial charge in [0.2, 0.25) is 41.4 Å². The minimum atomic E-state index is 0.104. The minimum Gasteiger partial charge on any atom is -0.392 e. The van der Waals surface area contributed by atoms with Crippen LogP contribution in [-0.2, 0) is 52.5 Å². The van der Waals surface area contributed by atoms with Crippen LogP contribution in [0.4, 0.5) is 0 Å². The maximum absolute atomic E-state index is 11.4. The second-order valence-corrected chi connectivity index (χ2v) is 42.4. The SMILES string of the molecule is C=C(CC1CCN(CCOC)CC1)NC.CNC(=O)CC1CCN(CCN2CCN(C)CC2)CC1.CNC(=O)CN1CCC(CCN2CCN(C)CC2)CC1.CNC(=O)CN1CCC(CN2CCN(C)CC2)CC1.CNC(=O)CN1CCN(CCCCCOC)CC1.CNC(=O)CN1CCN(CCCCOC)CC1.CNC(=O)CN1CCN(CCCOC)CC1.CNC(=O)CN1CCN(CCN2CCN(C)CC2)CC1. The summed E-state index contributed by atoms with van der Waals surface area (Å²) in [6.07, 6.45) is 20.2. The molecule has 7 amide bonds. The molecule has 12 heterocycles. The lowest BCUT2D eigenvalue weighted by atomic mass is 9.92. The summed E-state index contributed by atoms with van der Waals surface area (Å²) >= 11 is 0.